The van der Waals surface area contributed by atoms with Crippen molar-refractivity contribution < 1.29 is 9.47 Å². The summed E-state index contributed by atoms with van der Waals surface area (Å²) in [4.78, 5) is 2.28. The van der Waals surface area contributed by atoms with E-state index in [2.05, 4.69) is 24.9 Å². The van der Waals surface area contributed by atoms with Crippen LogP contribution in [0.4, 0.5) is 5.69 Å². The lowest BCUT2D eigenvalue weighted by molar-refractivity contribution is 0.403. The molecule has 0 unspecified atom stereocenters. The van der Waals surface area contributed by atoms with Gasteiger partial charge in [0.25, 0.3) is 0 Å². The van der Waals surface area contributed by atoms with Crippen molar-refractivity contribution in [3.8, 4) is 11.5 Å². The molecule has 3 nitrogen and oxygen atoms in total. The highest BCUT2D eigenvalue weighted by Gasteiger charge is 2.09. The lowest BCUT2D eigenvalue weighted by atomic mass is 10.0. The van der Waals surface area contributed by atoms with Crippen molar-refractivity contribution in [2.24, 2.45) is 0 Å². The van der Waals surface area contributed by atoms with Crippen LogP contribution in [0.25, 0.3) is 0 Å². The Morgan fingerprint density at radius 3 is 1.64 bits per heavy atom. The Morgan fingerprint density at radius 1 is 0.679 bits per heavy atom. The number of hydrogen-bond acceptors (Lipinski definition) is 3. The van der Waals surface area contributed by atoms with Gasteiger partial charge in [-0.15, -0.1) is 0 Å². The number of ether oxygens (including phenoxy) is 2. The highest BCUT2D eigenvalue weighted by atomic mass is 16.5. The third-order valence-electron chi connectivity index (χ3n) is 5.64. The number of rotatable bonds is 18. The molecule has 0 saturated heterocycles. The quantitative estimate of drug-likeness (QED) is 0.240. The van der Waals surface area contributed by atoms with E-state index in [0.717, 1.165) is 23.7 Å². The Bertz CT molecular complexity index is 489. The average molecular weight is 392 g/mol. The van der Waals surface area contributed by atoms with Crippen LogP contribution in [0.15, 0.2) is 18.2 Å². The minimum absolute atomic E-state index is 0.878. The van der Waals surface area contributed by atoms with Gasteiger partial charge in [-0.25, -0.2) is 0 Å². The molecule has 0 heterocycles. The molecule has 28 heavy (non-hydrogen) atoms. The topological polar surface area (TPSA) is 21.7 Å². The van der Waals surface area contributed by atoms with Gasteiger partial charge in [-0.3, -0.25) is 0 Å². The minimum Gasteiger partial charge on any atom is -0.497 e. The molecule has 0 spiro atoms. The predicted molar refractivity (Wildman–Crippen MR) is 123 cm³/mol. The molecule has 0 atom stereocenters. The zero-order valence-electron chi connectivity index (χ0n) is 19.1. The van der Waals surface area contributed by atoms with E-state index in [0.29, 0.717) is 0 Å². The Labute approximate surface area is 174 Å². The van der Waals surface area contributed by atoms with E-state index in [-0.39, 0.29) is 0 Å². The van der Waals surface area contributed by atoms with E-state index in [9.17, 15) is 0 Å². The molecular weight excluding hydrogens is 346 g/mol. The van der Waals surface area contributed by atoms with Crippen molar-refractivity contribution in [1.82, 2.24) is 0 Å². The summed E-state index contributed by atoms with van der Waals surface area (Å²) in [5, 5.41) is 0. The molecule has 162 valence electrons. The minimum atomic E-state index is 0.878. The zero-order chi connectivity index (χ0) is 20.5. The van der Waals surface area contributed by atoms with Gasteiger partial charge in [0.15, 0.2) is 0 Å². The van der Waals surface area contributed by atoms with E-state index in [4.69, 9.17) is 9.47 Å². The Kier molecular flexibility index (Phi) is 14.6. The second-order valence-corrected chi connectivity index (χ2v) is 8.06. The molecular formula is C25H45NO2. The summed E-state index contributed by atoms with van der Waals surface area (Å²) in [5.74, 6) is 1.79. The van der Waals surface area contributed by atoms with Gasteiger partial charge in [0.05, 0.1) is 19.9 Å². The number of unbranched alkanes of at least 4 members (excludes halogenated alkanes) is 13. The van der Waals surface area contributed by atoms with Crippen LogP contribution in [-0.4, -0.2) is 27.8 Å². The van der Waals surface area contributed by atoms with Gasteiger partial charge in [0.1, 0.15) is 11.5 Å². The van der Waals surface area contributed by atoms with Crippen LogP contribution < -0.4 is 14.4 Å². The van der Waals surface area contributed by atoms with Crippen molar-refractivity contribution in [3.05, 3.63) is 18.2 Å². The molecule has 0 amide bonds. The molecule has 0 aromatic heterocycles. The normalized spacial score (nSPS) is 10.9. The molecule has 1 rings (SSSR count). The van der Waals surface area contributed by atoms with Crippen LogP contribution in [0.1, 0.15) is 96.8 Å². The lowest BCUT2D eigenvalue weighted by Gasteiger charge is -2.22. The molecule has 0 N–H and O–H groups in total. The SMILES string of the molecule is CCCCCCCCCCCCCCCCN(C)c1cc(OC)ccc1OC. The molecule has 0 bridgehead atoms. The van der Waals surface area contributed by atoms with E-state index in [1.54, 1.807) is 14.2 Å². The molecule has 0 radical (unpaired) electrons. The first-order chi connectivity index (χ1) is 13.7. The predicted octanol–water partition coefficient (Wildman–Crippen LogP) is 7.62. The van der Waals surface area contributed by atoms with E-state index in [1.165, 1.54) is 89.9 Å². The van der Waals surface area contributed by atoms with Crippen molar-refractivity contribution in [2.45, 2.75) is 96.8 Å². The summed E-state index contributed by atoms with van der Waals surface area (Å²) in [7, 11) is 5.57. The standard InChI is InChI=1S/C25H45NO2/c1-5-6-7-8-9-10-11-12-13-14-15-16-17-18-21-26(2)24-22-23(27-3)19-20-25(24)28-4/h19-20,22H,5-18,21H2,1-4H3. The van der Waals surface area contributed by atoms with Gasteiger partial charge < -0.3 is 14.4 Å². The van der Waals surface area contributed by atoms with Gasteiger partial charge >= 0.3 is 0 Å². The fraction of sp³-hybridized carbons (Fsp3) is 0.760. The third-order valence-corrected chi connectivity index (χ3v) is 5.64. The van der Waals surface area contributed by atoms with Gasteiger partial charge in [-0.05, 0) is 18.6 Å². The highest BCUT2D eigenvalue weighted by molar-refractivity contribution is 5.61. The zero-order valence-corrected chi connectivity index (χ0v) is 19.1. The maximum absolute atomic E-state index is 5.49. The highest BCUT2D eigenvalue weighted by Crippen LogP contribution is 2.31. The van der Waals surface area contributed by atoms with Crippen LogP contribution >= 0.6 is 0 Å². The molecule has 0 fully saturated rings. The summed E-state index contributed by atoms with van der Waals surface area (Å²) in [5.41, 5.74) is 1.11. The Balaban J connectivity index is 2.01. The number of nitrogens with zero attached hydrogens (tertiary/aromatic N) is 1. The van der Waals surface area contributed by atoms with Crippen molar-refractivity contribution in [1.29, 1.82) is 0 Å². The lowest BCUT2D eigenvalue weighted by Crippen LogP contribution is -2.19. The smallest absolute Gasteiger partial charge is 0.142 e. The second kappa shape index (κ2) is 16.6. The number of anilines is 1. The monoisotopic (exact) mass is 391 g/mol. The van der Waals surface area contributed by atoms with Crippen molar-refractivity contribution >= 4 is 5.69 Å². The molecule has 1 aromatic rings. The van der Waals surface area contributed by atoms with Crippen LogP contribution in [-0.2, 0) is 0 Å². The largest absolute Gasteiger partial charge is 0.497 e. The summed E-state index contributed by atoms with van der Waals surface area (Å²) >= 11 is 0. The summed E-state index contributed by atoms with van der Waals surface area (Å²) in [6, 6.07) is 5.99. The number of benzene rings is 1. The molecule has 0 aliphatic rings. The maximum Gasteiger partial charge on any atom is 0.142 e. The number of methoxy groups -OCH3 is 2. The molecule has 3 heteroatoms. The summed E-state index contributed by atoms with van der Waals surface area (Å²) in [6.45, 7) is 3.34. The van der Waals surface area contributed by atoms with Crippen LogP contribution in [0, 0.1) is 0 Å². The Morgan fingerprint density at radius 2 is 1.18 bits per heavy atom. The van der Waals surface area contributed by atoms with Crippen LogP contribution in [0.3, 0.4) is 0 Å². The van der Waals surface area contributed by atoms with Gasteiger partial charge in [0, 0.05) is 19.7 Å². The van der Waals surface area contributed by atoms with Crippen molar-refractivity contribution in [3.63, 3.8) is 0 Å². The van der Waals surface area contributed by atoms with Crippen molar-refractivity contribution in [2.75, 3.05) is 32.7 Å². The van der Waals surface area contributed by atoms with Gasteiger partial charge in [-0.2, -0.15) is 0 Å². The third kappa shape index (κ3) is 10.8. The van der Waals surface area contributed by atoms with Crippen LogP contribution in [0.2, 0.25) is 0 Å². The summed E-state index contributed by atoms with van der Waals surface area (Å²) in [6.07, 6.45) is 19.6. The molecule has 1 aromatic carbocycles. The molecule has 0 aliphatic carbocycles. The first-order valence-corrected chi connectivity index (χ1v) is 11.7. The number of hydrogen-bond donors (Lipinski definition) is 0. The fourth-order valence-electron chi connectivity index (χ4n) is 3.76. The fourth-order valence-corrected chi connectivity index (χ4v) is 3.76. The van der Waals surface area contributed by atoms with E-state index >= 15 is 0 Å². The first kappa shape index (κ1) is 24.7. The molecule has 0 aliphatic heterocycles. The average Bonchev–Trinajstić information content (AvgIpc) is 2.73. The van der Waals surface area contributed by atoms with E-state index in [1.807, 2.05) is 12.1 Å². The maximum atomic E-state index is 5.49. The second-order valence-electron chi connectivity index (χ2n) is 8.06. The van der Waals surface area contributed by atoms with Gasteiger partial charge in [-0.1, -0.05) is 90.4 Å². The first-order valence-electron chi connectivity index (χ1n) is 11.7. The van der Waals surface area contributed by atoms with Gasteiger partial charge in [0.2, 0.25) is 0 Å². The Hall–Kier alpha value is -1.38. The summed E-state index contributed by atoms with van der Waals surface area (Å²) < 4.78 is 10.8. The van der Waals surface area contributed by atoms with E-state index < -0.39 is 0 Å². The molecule has 0 saturated carbocycles. The van der Waals surface area contributed by atoms with Crippen LogP contribution in [0.5, 0.6) is 11.5 Å².